The van der Waals surface area contributed by atoms with E-state index < -0.39 is 0 Å². The summed E-state index contributed by atoms with van der Waals surface area (Å²) in [5.41, 5.74) is 3.97. The van der Waals surface area contributed by atoms with Crippen molar-refractivity contribution in [3.05, 3.63) is 71.4 Å². The first-order valence-electron chi connectivity index (χ1n) is 8.73. The van der Waals surface area contributed by atoms with E-state index in [4.69, 9.17) is 0 Å². The molecule has 4 heteroatoms. The lowest BCUT2D eigenvalue weighted by atomic mass is 10.0. The molecule has 126 valence electrons. The third kappa shape index (κ3) is 2.84. The van der Waals surface area contributed by atoms with Gasteiger partial charge in [-0.3, -0.25) is 14.2 Å². The summed E-state index contributed by atoms with van der Waals surface area (Å²) in [7, 11) is 0. The van der Waals surface area contributed by atoms with Crippen molar-refractivity contribution in [3.8, 4) is 0 Å². The lowest BCUT2D eigenvalue weighted by molar-refractivity contribution is 0.0887. The highest BCUT2D eigenvalue weighted by atomic mass is 16.2. The van der Waals surface area contributed by atoms with Crippen LogP contribution in [0.3, 0.4) is 0 Å². The van der Waals surface area contributed by atoms with Crippen LogP contribution in [0.5, 0.6) is 0 Å². The molecule has 1 aromatic heterocycles. The third-order valence-corrected chi connectivity index (χ3v) is 4.84. The molecule has 0 bridgehead atoms. The fourth-order valence-corrected chi connectivity index (χ4v) is 3.70. The fourth-order valence-electron chi connectivity index (χ4n) is 3.70. The van der Waals surface area contributed by atoms with Gasteiger partial charge in [-0.25, -0.2) is 0 Å². The quantitative estimate of drug-likeness (QED) is 0.794. The van der Waals surface area contributed by atoms with Gasteiger partial charge in [-0.05, 0) is 43.0 Å². The summed E-state index contributed by atoms with van der Waals surface area (Å²) in [6, 6.07) is 17.3. The first-order chi connectivity index (χ1) is 12.3. The van der Waals surface area contributed by atoms with Crippen LogP contribution in [0, 0.1) is 0 Å². The molecule has 0 unspecified atom stereocenters. The maximum atomic E-state index is 12.4. The minimum absolute atomic E-state index is 0.0611. The van der Waals surface area contributed by atoms with Crippen molar-refractivity contribution in [2.45, 2.75) is 25.7 Å². The van der Waals surface area contributed by atoms with E-state index in [1.165, 1.54) is 5.56 Å². The number of aromatic nitrogens is 1. The predicted molar refractivity (Wildman–Crippen MR) is 98.0 cm³/mol. The van der Waals surface area contributed by atoms with E-state index >= 15 is 0 Å². The van der Waals surface area contributed by atoms with Crippen molar-refractivity contribution in [1.29, 1.82) is 0 Å². The van der Waals surface area contributed by atoms with Gasteiger partial charge in [-0.2, -0.15) is 0 Å². The summed E-state index contributed by atoms with van der Waals surface area (Å²) < 4.78 is 1.88. The van der Waals surface area contributed by atoms with E-state index in [0.29, 0.717) is 18.5 Å². The van der Waals surface area contributed by atoms with Crippen molar-refractivity contribution in [2.75, 3.05) is 6.54 Å². The molecule has 25 heavy (non-hydrogen) atoms. The van der Waals surface area contributed by atoms with Crippen LogP contribution in [0.2, 0.25) is 0 Å². The lowest BCUT2D eigenvalue weighted by Gasteiger charge is -2.16. The Kier molecular flexibility index (Phi) is 4.10. The Labute approximate surface area is 146 Å². The minimum Gasteiger partial charge on any atom is -0.352 e. The molecule has 1 N–H and O–H groups in total. The minimum atomic E-state index is -0.0611. The third-order valence-electron chi connectivity index (χ3n) is 4.84. The van der Waals surface area contributed by atoms with Crippen LogP contribution < -0.4 is 5.32 Å². The molecule has 0 saturated carbocycles. The van der Waals surface area contributed by atoms with Crippen LogP contribution in [-0.2, 0) is 12.8 Å². The molecule has 4 nitrogen and oxygen atoms in total. The van der Waals surface area contributed by atoms with Gasteiger partial charge in [0.25, 0.3) is 5.91 Å². The Hall–Kier alpha value is -2.88. The molecule has 0 aliphatic carbocycles. The number of para-hydroxylation sites is 1. The second-order valence-electron chi connectivity index (χ2n) is 6.40. The van der Waals surface area contributed by atoms with Gasteiger partial charge in [0.05, 0.1) is 5.52 Å². The molecule has 2 heterocycles. The molecule has 1 aliphatic heterocycles. The van der Waals surface area contributed by atoms with Crippen molar-refractivity contribution < 1.29 is 9.59 Å². The topological polar surface area (TPSA) is 51.1 Å². The number of nitrogens with one attached hydrogen (secondary N) is 1. The average molecular weight is 332 g/mol. The van der Waals surface area contributed by atoms with E-state index in [2.05, 4.69) is 11.4 Å². The van der Waals surface area contributed by atoms with Crippen LogP contribution in [-0.4, -0.2) is 22.9 Å². The molecular formula is C21H20N2O2. The van der Waals surface area contributed by atoms with Crippen molar-refractivity contribution in [1.82, 2.24) is 9.88 Å². The van der Waals surface area contributed by atoms with Crippen molar-refractivity contribution >= 4 is 22.7 Å². The Morgan fingerprint density at radius 1 is 1.00 bits per heavy atom. The Morgan fingerprint density at radius 2 is 1.76 bits per heavy atom. The molecule has 1 amide bonds. The van der Waals surface area contributed by atoms with Gasteiger partial charge in [-0.15, -0.1) is 0 Å². The van der Waals surface area contributed by atoms with Gasteiger partial charge in [-0.1, -0.05) is 36.4 Å². The van der Waals surface area contributed by atoms with Crippen LogP contribution in [0.4, 0.5) is 0 Å². The average Bonchev–Trinajstić information content (AvgIpc) is 2.98. The van der Waals surface area contributed by atoms with Crippen LogP contribution in [0.25, 0.3) is 10.9 Å². The number of carbonyl (C=O) groups excluding carboxylic acids is 2. The maximum Gasteiger partial charge on any atom is 0.251 e. The number of hydrogen-bond acceptors (Lipinski definition) is 2. The number of hydrogen-bond donors (Lipinski definition) is 1. The van der Waals surface area contributed by atoms with Gasteiger partial charge >= 0.3 is 0 Å². The Balaban J connectivity index is 1.58. The number of rotatable bonds is 4. The summed E-state index contributed by atoms with van der Waals surface area (Å²) >= 11 is 0. The van der Waals surface area contributed by atoms with Gasteiger partial charge in [0, 0.05) is 29.6 Å². The molecular weight excluding hydrogens is 312 g/mol. The largest absolute Gasteiger partial charge is 0.352 e. The number of carbonyl (C=O) groups is 2. The zero-order valence-electron chi connectivity index (χ0n) is 14.0. The fraction of sp³-hybridized carbons (Fsp3) is 0.238. The molecule has 0 fully saturated rings. The van der Waals surface area contributed by atoms with Crippen molar-refractivity contribution in [3.63, 3.8) is 0 Å². The molecule has 0 atom stereocenters. The molecule has 2 aromatic carbocycles. The van der Waals surface area contributed by atoms with E-state index in [1.807, 2.05) is 53.1 Å². The van der Waals surface area contributed by atoms with E-state index in [1.54, 1.807) is 0 Å². The molecule has 0 spiro atoms. The summed E-state index contributed by atoms with van der Waals surface area (Å²) in [6.45, 7) is 0.558. The highest BCUT2D eigenvalue weighted by molar-refractivity contribution is 5.97. The molecule has 1 aliphatic rings. The van der Waals surface area contributed by atoms with Gasteiger partial charge in [0.15, 0.2) is 0 Å². The lowest BCUT2D eigenvalue weighted by Crippen LogP contribution is -2.26. The van der Waals surface area contributed by atoms with Gasteiger partial charge < -0.3 is 5.32 Å². The van der Waals surface area contributed by atoms with Gasteiger partial charge in [0.1, 0.15) is 0 Å². The second kappa shape index (κ2) is 6.55. The normalized spacial score (nSPS) is 13.7. The second-order valence-corrected chi connectivity index (χ2v) is 6.40. The van der Waals surface area contributed by atoms with E-state index in [-0.39, 0.29) is 11.8 Å². The van der Waals surface area contributed by atoms with Crippen LogP contribution in [0.15, 0.2) is 54.6 Å². The Bertz CT molecular complexity index is 941. The smallest absolute Gasteiger partial charge is 0.251 e. The zero-order chi connectivity index (χ0) is 17.2. The highest BCUT2D eigenvalue weighted by Crippen LogP contribution is 2.30. The van der Waals surface area contributed by atoms with E-state index in [9.17, 15) is 9.59 Å². The van der Waals surface area contributed by atoms with Crippen molar-refractivity contribution in [2.24, 2.45) is 0 Å². The number of amides is 1. The summed E-state index contributed by atoms with van der Waals surface area (Å²) in [4.78, 5) is 24.6. The Morgan fingerprint density at radius 3 is 2.60 bits per heavy atom. The SMILES string of the molecule is O=C(NCCc1c2n(c3ccccc13)C(=O)CCC2)c1ccccc1. The molecule has 0 radical (unpaired) electrons. The summed E-state index contributed by atoms with van der Waals surface area (Å²) in [5.74, 6) is 0.117. The molecule has 0 saturated heterocycles. The van der Waals surface area contributed by atoms with Gasteiger partial charge in [0.2, 0.25) is 5.91 Å². The number of benzene rings is 2. The number of fused-ring (bicyclic) bond motifs is 3. The maximum absolute atomic E-state index is 12.4. The molecule has 3 aromatic rings. The van der Waals surface area contributed by atoms with Crippen LogP contribution >= 0.6 is 0 Å². The first kappa shape index (κ1) is 15.6. The zero-order valence-corrected chi connectivity index (χ0v) is 14.0. The summed E-state index contributed by atoms with van der Waals surface area (Å²) in [5, 5.41) is 4.11. The highest BCUT2D eigenvalue weighted by Gasteiger charge is 2.24. The monoisotopic (exact) mass is 332 g/mol. The molecule has 4 rings (SSSR count). The number of nitrogens with zero attached hydrogens (tertiary/aromatic N) is 1. The van der Waals surface area contributed by atoms with E-state index in [0.717, 1.165) is 35.9 Å². The van der Waals surface area contributed by atoms with Crippen LogP contribution in [0.1, 0.15) is 39.3 Å². The standard InChI is InChI=1S/C21H20N2O2/c24-20-12-6-11-19-17(16-9-4-5-10-18(16)23(19)20)13-14-22-21(25)15-7-2-1-3-8-15/h1-5,7-10H,6,11-14H2,(H,22,25). The first-order valence-corrected chi connectivity index (χ1v) is 8.73. The summed E-state index contributed by atoms with van der Waals surface area (Å²) in [6.07, 6.45) is 3.16. The predicted octanol–water partition coefficient (Wildman–Crippen LogP) is 3.59.